The van der Waals surface area contributed by atoms with Crippen molar-refractivity contribution in [3.8, 4) is 0 Å². The fourth-order valence-corrected chi connectivity index (χ4v) is 1.54. The molecule has 1 aromatic rings. The molecule has 2 heterocycles. The first-order chi connectivity index (χ1) is 7.22. The van der Waals surface area contributed by atoms with Gasteiger partial charge in [0, 0.05) is 18.2 Å². The van der Waals surface area contributed by atoms with Gasteiger partial charge in [-0.3, -0.25) is 19.8 Å². The van der Waals surface area contributed by atoms with Crippen LogP contribution in [-0.2, 0) is 11.3 Å². The minimum Gasteiger partial charge on any atom is -0.297 e. The third kappa shape index (κ3) is 1.58. The molecule has 7 heteroatoms. The predicted molar refractivity (Wildman–Crippen MR) is 51.7 cm³/mol. The Morgan fingerprint density at radius 1 is 1.53 bits per heavy atom. The number of hydrogen-bond acceptors (Lipinski definition) is 4. The molecule has 78 valence electrons. The van der Waals surface area contributed by atoms with E-state index in [0.29, 0.717) is 30.9 Å². The quantitative estimate of drug-likeness (QED) is 0.401. The number of nitrogens with zero attached hydrogens (tertiary/aromatic N) is 4. The smallest absolute Gasteiger partial charge is 0.235 e. The highest BCUT2D eigenvalue weighted by Gasteiger charge is 2.22. The Hall–Kier alpha value is -2.18. The van der Waals surface area contributed by atoms with E-state index in [4.69, 9.17) is 0 Å². The molecule has 0 N–H and O–H groups in total. The molecule has 1 aromatic heterocycles. The number of hydrogen-bond donors (Lipinski definition) is 0. The van der Waals surface area contributed by atoms with Crippen molar-refractivity contribution in [3.05, 3.63) is 28.1 Å². The molecule has 1 amide bonds. The van der Waals surface area contributed by atoms with E-state index in [1.165, 1.54) is 17.2 Å². The molecule has 1 aliphatic heterocycles. The molecule has 7 nitrogen and oxygen atoms in total. The number of carbonyl (C=O) groups is 1. The summed E-state index contributed by atoms with van der Waals surface area (Å²) in [5, 5.41) is 14.2. The van der Waals surface area contributed by atoms with E-state index >= 15 is 0 Å². The van der Waals surface area contributed by atoms with Gasteiger partial charge in [0.2, 0.25) is 12.6 Å². The zero-order valence-corrected chi connectivity index (χ0v) is 7.74. The highest BCUT2D eigenvalue weighted by molar-refractivity contribution is 5.79. The van der Waals surface area contributed by atoms with E-state index in [9.17, 15) is 14.9 Å². The van der Waals surface area contributed by atoms with Gasteiger partial charge in [0.25, 0.3) is 0 Å². The Morgan fingerprint density at radius 3 is 3.00 bits per heavy atom. The summed E-state index contributed by atoms with van der Waals surface area (Å²) in [6.45, 7) is 1.19. The van der Waals surface area contributed by atoms with Crippen molar-refractivity contribution >= 4 is 18.3 Å². The number of anilines is 1. The number of carbonyl (C=O) groups excluding carboxylic acids is 1. The van der Waals surface area contributed by atoms with Gasteiger partial charge >= 0.3 is 0 Å². The maximum atomic E-state index is 10.7. The van der Waals surface area contributed by atoms with Crippen LogP contribution in [0.1, 0.15) is 5.56 Å². The van der Waals surface area contributed by atoms with Crippen LogP contribution >= 0.6 is 0 Å². The number of aromatic nitrogens is 2. The van der Waals surface area contributed by atoms with Crippen LogP contribution in [0, 0.1) is 10.1 Å². The van der Waals surface area contributed by atoms with Crippen molar-refractivity contribution in [2.75, 3.05) is 11.4 Å². The number of nitro groups is 1. The molecular weight excluding hydrogens is 200 g/mol. The Bertz CT molecular complexity index is 437. The molecule has 0 spiro atoms. The van der Waals surface area contributed by atoms with E-state index in [2.05, 4.69) is 5.10 Å². The highest BCUT2D eigenvalue weighted by atomic mass is 16.6. The lowest BCUT2D eigenvalue weighted by Gasteiger charge is -2.06. The van der Waals surface area contributed by atoms with Gasteiger partial charge in [-0.05, 0) is 0 Å². The van der Waals surface area contributed by atoms with Crippen LogP contribution < -0.4 is 4.90 Å². The number of amides is 1. The topological polar surface area (TPSA) is 81.3 Å². The molecule has 1 aliphatic rings. The summed E-state index contributed by atoms with van der Waals surface area (Å²) >= 11 is 0. The van der Waals surface area contributed by atoms with Gasteiger partial charge in [0.15, 0.2) is 0 Å². The number of rotatable bonds is 3. The van der Waals surface area contributed by atoms with E-state index in [-0.39, 0.29) is 0 Å². The molecule has 2 rings (SSSR count). The lowest BCUT2D eigenvalue weighted by Crippen LogP contribution is -2.17. The van der Waals surface area contributed by atoms with Gasteiger partial charge in [-0.1, -0.05) is 0 Å². The largest absolute Gasteiger partial charge is 0.297 e. The third-order valence-electron chi connectivity index (χ3n) is 2.17. The monoisotopic (exact) mass is 208 g/mol. The second-order valence-corrected chi connectivity index (χ2v) is 3.05. The fourth-order valence-electron chi connectivity index (χ4n) is 1.54. The van der Waals surface area contributed by atoms with Crippen molar-refractivity contribution in [2.45, 2.75) is 6.54 Å². The lowest BCUT2D eigenvalue weighted by atomic mass is 10.3. The lowest BCUT2D eigenvalue weighted by molar-refractivity contribution is -0.400. The molecule has 0 fully saturated rings. The first-order valence-electron chi connectivity index (χ1n) is 4.32. The Kier molecular flexibility index (Phi) is 2.20. The van der Waals surface area contributed by atoms with Crippen LogP contribution in [-0.4, -0.2) is 27.7 Å². The zero-order chi connectivity index (χ0) is 10.8. The van der Waals surface area contributed by atoms with Crippen molar-refractivity contribution in [2.24, 2.45) is 0 Å². The zero-order valence-electron chi connectivity index (χ0n) is 7.74. The predicted octanol–water partition coefficient (Wildman–Crippen LogP) is 0.107. The third-order valence-corrected chi connectivity index (χ3v) is 2.17. The van der Waals surface area contributed by atoms with Crippen molar-refractivity contribution < 1.29 is 9.72 Å². The Labute approximate surface area is 84.7 Å². The van der Waals surface area contributed by atoms with E-state index < -0.39 is 4.92 Å². The molecule has 0 aromatic carbocycles. The van der Waals surface area contributed by atoms with Gasteiger partial charge in [0.05, 0.1) is 17.7 Å². The van der Waals surface area contributed by atoms with Crippen molar-refractivity contribution in [1.29, 1.82) is 0 Å². The minimum atomic E-state index is -0.551. The second kappa shape index (κ2) is 3.52. The molecule has 0 bridgehead atoms. The molecule has 0 atom stereocenters. The van der Waals surface area contributed by atoms with Crippen LogP contribution in [0.5, 0.6) is 0 Å². The van der Waals surface area contributed by atoms with E-state index in [1.807, 2.05) is 0 Å². The Morgan fingerprint density at radius 2 is 2.33 bits per heavy atom. The van der Waals surface area contributed by atoms with Crippen LogP contribution in [0.2, 0.25) is 0 Å². The van der Waals surface area contributed by atoms with Gasteiger partial charge in [0.1, 0.15) is 5.82 Å². The van der Waals surface area contributed by atoms with Crippen molar-refractivity contribution in [1.82, 2.24) is 9.78 Å². The van der Waals surface area contributed by atoms with Crippen LogP contribution in [0.3, 0.4) is 0 Å². The molecule has 15 heavy (non-hydrogen) atoms. The van der Waals surface area contributed by atoms with Crippen LogP contribution in [0.4, 0.5) is 5.82 Å². The van der Waals surface area contributed by atoms with Gasteiger partial charge in [-0.2, -0.15) is 5.10 Å². The molecule has 0 saturated heterocycles. The standard InChI is InChI=1S/C8H8N4O3/c13-6-10-3-4-11-8(10)7(5-9-11)1-2-12(14)15/h1-2,5-6H,3-4H2. The van der Waals surface area contributed by atoms with E-state index in [0.717, 1.165) is 6.20 Å². The SMILES string of the molecule is O=CN1CCn2ncc(C=C[N+](=O)[O-])c21. The summed E-state index contributed by atoms with van der Waals surface area (Å²) in [7, 11) is 0. The summed E-state index contributed by atoms with van der Waals surface area (Å²) < 4.78 is 1.65. The van der Waals surface area contributed by atoms with Gasteiger partial charge in [-0.25, -0.2) is 4.68 Å². The first-order valence-corrected chi connectivity index (χ1v) is 4.32. The molecule has 0 unspecified atom stereocenters. The average molecular weight is 208 g/mol. The minimum absolute atomic E-state index is 0.551. The maximum Gasteiger partial charge on any atom is 0.235 e. The average Bonchev–Trinajstić information content (AvgIpc) is 2.75. The fraction of sp³-hybridized carbons (Fsp3) is 0.250. The summed E-state index contributed by atoms with van der Waals surface area (Å²) in [5.74, 6) is 0.614. The summed E-state index contributed by atoms with van der Waals surface area (Å²) in [4.78, 5) is 21.8. The maximum absolute atomic E-state index is 10.7. The molecular formula is C8H8N4O3. The Balaban J connectivity index is 2.34. The molecule has 0 aliphatic carbocycles. The highest BCUT2D eigenvalue weighted by Crippen LogP contribution is 2.25. The normalized spacial score (nSPS) is 14.5. The summed E-state index contributed by atoms with van der Waals surface area (Å²) in [5.41, 5.74) is 0.580. The number of fused-ring (bicyclic) bond motifs is 1. The summed E-state index contributed by atoms with van der Waals surface area (Å²) in [6.07, 6.45) is 4.37. The summed E-state index contributed by atoms with van der Waals surface area (Å²) in [6, 6.07) is 0. The van der Waals surface area contributed by atoms with Crippen molar-refractivity contribution in [3.63, 3.8) is 0 Å². The molecule has 0 radical (unpaired) electrons. The van der Waals surface area contributed by atoms with E-state index in [1.54, 1.807) is 4.68 Å². The first kappa shape index (κ1) is 9.38. The second-order valence-electron chi connectivity index (χ2n) is 3.05. The molecule has 0 saturated carbocycles. The van der Waals surface area contributed by atoms with Gasteiger partial charge < -0.3 is 0 Å². The van der Waals surface area contributed by atoms with Crippen LogP contribution in [0.25, 0.3) is 6.08 Å². The van der Waals surface area contributed by atoms with Gasteiger partial charge in [-0.15, -0.1) is 0 Å². The van der Waals surface area contributed by atoms with Crippen LogP contribution in [0.15, 0.2) is 12.4 Å².